The lowest BCUT2D eigenvalue weighted by Crippen LogP contribution is -2.40. The van der Waals surface area contributed by atoms with Crippen LogP contribution in [0.5, 0.6) is 0 Å². The molecule has 0 atom stereocenters. The molecule has 2 heterocycles. The maximum Gasteiger partial charge on any atom is 0.148 e. The smallest absolute Gasteiger partial charge is 0.148 e. The number of rotatable bonds is 2. The van der Waals surface area contributed by atoms with Gasteiger partial charge in [-0.05, 0) is 24.3 Å². The predicted octanol–water partition coefficient (Wildman–Crippen LogP) is 2.33. The van der Waals surface area contributed by atoms with E-state index in [1.54, 1.807) is 6.21 Å². The molecule has 1 aromatic carbocycles. The van der Waals surface area contributed by atoms with Gasteiger partial charge in [-0.2, -0.15) is 5.10 Å². The summed E-state index contributed by atoms with van der Waals surface area (Å²) in [4.78, 5) is 0. The summed E-state index contributed by atoms with van der Waals surface area (Å²) in [6, 6.07) is 7.54. The average molecular weight is 264 g/mol. The number of nitrogens with zero attached hydrogens (tertiary/aromatic N) is 2. The Balaban J connectivity index is 1.79. The molecule has 0 aliphatic carbocycles. The third-order valence-corrected chi connectivity index (χ3v) is 3.17. The lowest BCUT2D eigenvalue weighted by atomic mass is 10.2. The Morgan fingerprint density at radius 3 is 2.94 bits per heavy atom. The topological polar surface area (TPSA) is 40.8 Å². The Hall–Kier alpha value is -1.52. The summed E-state index contributed by atoms with van der Waals surface area (Å²) < 4.78 is 5.66. The Morgan fingerprint density at radius 2 is 2.11 bits per heavy atom. The average Bonchev–Trinajstić information content (AvgIpc) is 2.79. The second-order valence-electron chi connectivity index (χ2n) is 4.28. The summed E-state index contributed by atoms with van der Waals surface area (Å²) >= 11 is 5.94. The molecule has 0 unspecified atom stereocenters. The molecule has 4 nitrogen and oxygen atoms in total. The fourth-order valence-corrected chi connectivity index (χ4v) is 2.19. The fourth-order valence-electron chi connectivity index (χ4n) is 2.01. The Bertz CT molecular complexity index is 573. The van der Waals surface area contributed by atoms with Gasteiger partial charge in [0.1, 0.15) is 11.3 Å². The molecule has 1 aliphatic rings. The van der Waals surface area contributed by atoms with E-state index in [4.69, 9.17) is 16.0 Å². The van der Waals surface area contributed by atoms with E-state index in [1.165, 1.54) is 0 Å². The lowest BCUT2D eigenvalue weighted by molar-refractivity contribution is 0.253. The van der Waals surface area contributed by atoms with E-state index in [0.29, 0.717) is 5.02 Å². The number of furan rings is 1. The molecule has 0 radical (unpaired) electrons. The molecule has 0 spiro atoms. The van der Waals surface area contributed by atoms with Crippen LogP contribution in [0.3, 0.4) is 0 Å². The molecular weight excluding hydrogens is 250 g/mol. The van der Waals surface area contributed by atoms with E-state index in [0.717, 1.165) is 42.9 Å². The molecule has 0 bridgehead atoms. The van der Waals surface area contributed by atoms with Gasteiger partial charge in [-0.1, -0.05) is 11.6 Å². The van der Waals surface area contributed by atoms with Crippen molar-refractivity contribution in [1.82, 2.24) is 10.3 Å². The van der Waals surface area contributed by atoms with Gasteiger partial charge < -0.3 is 9.73 Å². The van der Waals surface area contributed by atoms with Crippen molar-refractivity contribution < 1.29 is 4.42 Å². The van der Waals surface area contributed by atoms with E-state index in [1.807, 2.05) is 29.3 Å². The van der Waals surface area contributed by atoms with Crippen LogP contribution in [0.4, 0.5) is 0 Å². The number of benzene rings is 1. The Labute approximate surface area is 110 Å². The van der Waals surface area contributed by atoms with Crippen molar-refractivity contribution in [2.45, 2.75) is 0 Å². The molecule has 18 heavy (non-hydrogen) atoms. The number of nitrogens with one attached hydrogen (secondary N) is 1. The molecule has 0 amide bonds. The maximum absolute atomic E-state index is 5.94. The van der Waals surface area contributed by atoms with Crippen LogP contribution in [0.1, 0.15) is 5.76 Å². The van der Waals surface area contributed by atoms with Gasteiger partial charge >= 0.3 is 0 Å². The largest absolute Gasteiger partial charge is 0.455 e. The number of hydrazone groups is 1. The van der Waals surface area contributed by atoms with Gasteiger partial charge in [0.25, 0.3) is 0 Å². The van der Waals surface area contributed by atoms with Crippen molar-refractivity contribution in [3.05, 3.63) is 35.0 Å². The monoisotopic (exact) mass is 263 g/mol. The van der Waals surface area contributed by atoms with Crippen molar-refractivity contribution in [2.75, 3.05) is 26.2 Å². The van der Waals surface area contributed by atoms with Crippen molar-refractivity contribution in [2.24, 2.45) is 5.10 Å². The SMILES string of the molecule is Clc1ccc2oc(C=NN3CCNCC3)cc2c1. The first-order valence-corrected chi connectivity index (χ1v) is 6.38. The minimum Gasteiger partial charge on any atom is -0.455 e. The highest BCUT2D eigenvalue weighted by Crippen LogP contribution is 2.22. The third-order valence-electron chi connectivity index (χ3n) is 2.94. The van der Waals surface area contributed by atoms with Crippen molar-refractivity contribution in [3.8, 4) is 0 Å². The number of halogens is 1. The molecule has 1 aliphatic heterocycles. The molecular formula is C13H14ClN3O. The molecule has 1 saturated heterocycles. The lowest BCUT2D eigenvalue weighted by Gasteiger charge is -2.23. The first-order chi connectivity index (χ1) is 8.81. The van der Waals surface area contributed by atoms with Gasteiger partial charge in [0.05, 0.1) is 6.21 Å². The van der Waals surface area contributed by atoms with E-state index >= 15 is 0 Å². The van der Waals surface area contributed by atoms with Gasteiger partial charge in [-0.15, -0.1) is 0 Å². The van der Waals surface area contributed by atoms with Gasteiger partial charge in [0, 0.05) is 36.6 Å². The predicted molar refractivity (Wildman–Crippen MR) is 73.3 cm³/mol. The summed E-state index contributed by atoms with van der Waals surface area (Å²) in [6.07, 6.45) is 1.76. The van der Waals surface area contributed by atoms with Crippen LogP contribution < -0.4 is 5.32 Å². The van der Waals surface area contributed by atoms with E-state index < -0.39 is 0 Å². The molecule has 3 rings (SSSR count). The highest BCUT2D eigenvalue weighted by molar-refractivity contribution is 6.31. The zero-order chi connectivity index (χ0) is 12.4. The minimum absolute atomic E-state index is 0.717. The van der Waals surface area contributed by atoms with Crippen molar-refractivity contribution in [3.63, 3.8) is 0 Å². The molecule has 1 fully saturated rings. The van der Waals surface area contributed by atoms with Crippen LogP contribution in [0, 0.1) is 0 Å². The third kappa shape index (κ3) is 2.49. The number of hydrogen-bond acceptors (Lipinski definition) is 4. The van der Waals surface area contributed by atoms with Crippen molar-refractivity contribution in [1.29, 1.82) is 0 Å². The fraction of sp³-hybridized carbons (Fsp3) is 0.308. The first-order valence-electron chi connectivity index (χ1n) is 6.00. The second kappa shape index (κ2) is 5.00. The molecule has 0 saturated carbocycles. The van der Waals surface area contributed by atoms with Crippen LogP contribution in [0.15, 0.2) is 33.8 Å². The molecule has 1 aromatic heterocycles. The van der Waals surface area contributed by atoms with Crippen LogP contribution >= 0.6 is 11.6 Å². The minimum atomic E-state index is 0.717. The Morgan fingerprint density at radius 1 is 1.28 bits per heavy atom. The van der Waals surface area contributed by atoms with Crippen molar-refractivity contribution >= 4 is 28.8 Å². The van der Waals surface area contributed by atoms with E-state index in [9.17, 15) is 0 Å². The number of fused-ring (bicyclic) bond motifs is 1. The van der Waals surface area contributed by atoms with Gasteiger partial charge in [0.15, 0.2) is 0 Å². The zero-order valence-corrected chi connectivity index (χ0v) is 10.7. The summed E-state index contributed by atoms with van der Waals surface area (Å²) in [6.45, 7) is 3.82. The summed E-state index contributed by atoms with van der Waals surface area (Å²) in [5, 5.41) is 11.5. The molecule has 1 N–H and O–H groups in total. The zero-order valence-electron chi connectivity index (χ0n) is 9.90. The van der Waals surface area contributed by atoms with E-state index in [2.05, 4.69) is 10.4 Å². The highest BCUT2D eigenvalue weighted by Gasteiger charge is 2.06. The summed E-state index contributed by atoms with van der Waals surface area (Å²) in [5.41, 5.74) is 0.834. The second-order valence-corrected chi connectivity index (χ2v) is 4.72. The van der Waals surface area contributed by atoms with Gasteiger partial charge in [0.2, 0.25) is 0 Å². The van der Waals surface area contributed by atoms with Crippen LogP contribution in [0.2, 0.25) is 5.02 Å². The molecule has 2 aromatic rings. The van der Waals surface area contributed by atoms with E-state index in [-0.39, 0.29) is 0 Å². The van der Waals surface area contributed by atoms with Crippen LogP contribution in [-0.2, 0) is 0 Å². The molecule has 5 heteroatoms. The quantitative estimate of drug-likeness (QED) is 0.846. The standard InChI is InChI=1S/C13H14ClN3O/c14-11-1-2-13-10(7-11)8-12(18-13)9-16-17-5-3-15-4-6-17/h1-2,7-9,15H,3-6H2. The van der Waals surface area contributed by atoms with Crippen LogP contribution in [0.25, 0.3) is 11.0 Å². The number of hydrogen-bond donors (Lipinski definition) is 1. The summed E-state index contributed by atoms with van der Waals surface area (Å²) in [5.74, 6) is 0.755. The number of piperazine rings is 1. The Kier molecular flexibility index (Phi) is 3.21. The highest BCUT2D eigenvalue weighted by atomic mass is 35.5. The van der Waals surface area contributed by atoms with Crippen LogP contribution in [-0.4, -0.2) is 37.4 Å². The summed E-state index contributed by atoms with van der Waals surface area (Å²) in [7, 11) is 0. The molecule has 94 valence electrons. The van der Waals surface area contributed by atoms with Gasteiger partial charge in [-0.25, -0.2) is 0 Å². The maximum atomic E-state index is 5.94. The first kappa shape index (κ1) is 11.6. The normalized spacial score (nSPS) is 16.8. The van der Waals surface area contributed by atoms with Gasteiger partial charge in [-0.3, -0.25) is 5.01 Å².